The van der Waals surface area contributed by atoms with Gasteiger partial charge in [-0.15, -0.1) is 0 Å². The number of nitrogens with one attached hydrogen (secondary N) is 1. The summed E-state index contributed by atoms with van der Waals surface area (Å²) in [5.74, 6) is 0.535. The summed E-state index contributed by atoms with van der Waals surface area (Å²) in [6.45, 7) is 8.16. The highest BCUT2D eigenvalue weighted by Crippen LogP contribution is 2.28. The first-order valence-corrected chi connectivity index (χ1v) is 14.1. The lowest BCUT2D eigenvalue weighted by molar-refractivity contribution is -0.138. The van der Waals surface area contributed by atoms with Crippen LogP contribution in [-0.4, -0.2) is 78.4 Å². The fraction of sp³-hybridized carbons (Fsp3) is 0.419. The van der Waals surface area contributed by atoms with E-state index in [1.54, 1.807) is 30.2 Å². The van der Waals surface area contributed by atoms with Gasteiger partial charge in [0.2, 0.25) is 5.95 Å². The van der Waals surface area contributed by atoms with Gasteiger partial charge in [0.25, 0.3) is 0 Å². The number of carbonyl (C=O) groups excluding carboxylic acids is 1. The molecular formula is C31H42N6O4. The van der Waals surface area contributed by atoms with Crippen LogP contribution in [-0.2, 0) is 17.6 Å². The van der Waals surface area contributed by atoms with Crippen molar-refractivity contribution in [2.45, 2.75) is 46.1 Å². The monoisotopic (exact) mass is 562 g/mol. The highest BCUT2D eigenvalue weighted by molar-refractivity contribution is 5.95. The van der Waals surface area contributed by atoms with Gasteiger partial charge in [-0.05, 0) is 63.3 Å². The average Bonchev–Trinajstić information content (AvgIpc) is 3.00. The molecule has 2 aromatic carbocycles. The first-order valence-electron chi connectivity index (χ1n) is 14.1. The Hall–Kier alpha value is -4.34. The maximum Gasteiger partial charge on any atom is 0.326 e. The molecule has 2 amide bonds. The number of aryl methyl sites for hydroxylation is 1. The zero-order valence-electron chi connectivity index (χ0n) is 24.7. The third-order valence-corrected chi connectivity index (χ3v) is 7.04. The number of amides is 2. The highest BCUT2D eigenvalue weighted by atomic mass is 16.5. The lowest BCUT2D eigenvalue weighted by atomic mass is 10.0. The van der Waals surface area contributed by atoms with Crippen molar-refractivity contribution in [3.05, 3.63) is 71.9 Å². The number of benzene rings is 2. The van der Waals surface area contributed by atoms with Crippen LogP contribution in [0.4, 0.5) is 22.2 Å². The SMILES string of the molecule is CCN(CC)c1ncc(N(CC)C(=O)N(C)CCc2ccccc2)c(NC(CCc2ccc(OC)cc2)C(=O)O)n1. The van der Waals surface area contributed by atoms with E-state index in [0.717, 1.165) is 23.3 Å². The third kappa shape index (κ3) is 8.57. The second-order valence-electron chi connectivity index (χ2n) is 9.68. The summed E-state index contributed by atoms with van der Waals surface area (Å²) >= 11 is 0. The van der Waals surface area contributed by atoms with Gasteiger partial charge in [0, 0.05) is 33.2 Å². The van der Waals surface area contributed by atoms with Gasteiger partial charge in [-0.25, -0.2) is 14.6 Å². The van der Waals surface area contributed by atoms with Crippen molar-refractivity contribution in [2.24, 2.45) is 0 Å². The smallest absolute Gasteiger partial charge is 0.326 e. The number of hydrogen-bond acceptors (Lipinski definition) is 7. The van der Waals surface area contributed by atoms with Crippen molar-refractivity contribution in [1.82, 2.24) is 14.9 Å². The van der Waals surface area contributed by atoms with Crippen LogP contribution in [0.1, 0.15) is 38.3 Å². The molecule has 0 saturated carbocycles. The number of carboxylic acid groups (broad SMARTS) is 1. The first-order chi connectivity index (χ1) is 19.8. The van der Waals surface area contributed by atoms with Crippen molar-refractivity contribution in [3.8, 4) is 5.75 Å². The van der Waals surface area contributed by atoms with Crippen molar-refractivity contribution in [2.75, 3.05) is 55.5 Å². The molecule has 0 fully saturated rings. The summed E-state index contributed by atoms with van der Waals surface area (Å²) in [6.07, 6.45) is 3.19. The van der Waals surface area contributed by atoms with E-state index in [1.165, 1.54) is 0 Å². The molecule has 10 heteroatoms. The predicted molar refractivity (Wildman–Crippen MR) is 163 cm³/mol. The van der Waals surface area contributed by atoms with Gasteiger partial charge >= 0.3 is 12.0 Å². The molecule has 0 aliphatic rings. The Morgan fingerprint density at radius 1 is 0.951 bits per heavy atom. The molecule has 0 aliphatic carbocycles. The highest BCUT2D eigenvalue weighted by Gasteiger charge is 2.26. The van der Waals surface area contributed by atoms with Gasteiger partial charge in [0.05, 0.1) is 13.3 Å². The molecule has 0 radical (unpaired) electrons. The summed E-state index contributed by atoms with van der Waals surface area (Å²) in [6, 6.07) is 16.4. The predicted octanol–water partition coefficient (Wildman–Crippen LogP) is 4.95. The van der Waals surface area contributed by atoms with Crippen molar-refractivity contribution >= 4 is 29.5 Å². The number of urea groups is 1. The Labute approximate surface area is 243 Å². The van der Waals surface area contributed by atoms with Crippen molar-refractivity contribution in [3.63, 3.8) is 0 Å². The summed E-state index contributed by atoms with van der Waals surface area (Å²) in [4.78, 5) is 40.4. The maximum atomic E-state index is 13.6. The van der Waals surface area contributed by atoms with Crippen LogP contribution in [0.2, 0.25) is 0 Å². The zero-order chi connectivity index (χ0) is 29.8. The van der Waals surface area contributed by atoms with Gasteiger partial charge in [0.1, 0.15) is 17.5 Å². The van der Waals surface area contributed by atoms with Crippen LogP contribution >= 0.6 is 0 Å². The van der Waals surface area contributed by atoms with Crippen LogP contribution in [0.25, 0.3) is 0 Å². The van der Waals surface area contributed by atoms with Crippen LogP contribution in [0.15, 0.2) is 60.8 Å². The molecule has 1 aromatic heterocycles. The van der Waals surface area contributed by atoms with Crippen LogP contribution in [0.3, 0.4) is 0 Å². The molecular weight excluding hydrogens is 520 g/mol. The maximum absolute atomic E-state index is 13.6. The molecule has 1 heterocycles. The summed E-state index contributed by atoms with van der Waals surface area (Å²) in [5, 5.41) is 13.2. The van der Waals surface area contributed by atoms with Crippen LogP contribution in [0, 0.1) is 0 Å². The largest absolute Gasteiger partial charge is 0.497 e. The van der Waals surface area contributed by atoms with Crippen LogP contribution in [0.5, 0.6) is 5.75 Å². The van der Waals surface area contributed by atoms with E-state index in [4.69, 9.17) is 9.72 Å². The topological polar surface area (TPSA) is 111 Å². The third-order valence-electron chi connectivity index (χ3n) is 7.04. The Morgan fingerprint density at radius 2 is 1.61 bits per heavy atom. The number of aromatic nitrogens is 2. The molecule has 0 aliphatic heterocycles. The van der Waals surface area contributed by atoms with E-state index in [-0.39, 0.29) is 6.03 Å². The molecule has 0 bridgehead atoms. The molecule has 0 saturated heterocycles. The quantitative estimate of drug-likeness (QED) is 0.268. The number of anilines is 3. The summed E-state index contributed by atoms with van der Waals surface area (Å²) < 4.78 is 5.22. The molecule has 1 unspecified atom stereocenters. The van der Waals surface area contributed by atoms with E-state index in [9.17, 15) is 14.7 Å². The minimum absolute atomic E-state index is 0.212. The number of aliphatic carboxylic acids is 1. The molecule has 41 heavy (non-hydrogen) atoms. The lowest BCUT2D eigenvalue weighted by Crippen LogP contribution is -2.43. The van der Waals surface area contributed by atoms with Crippen LogP contribution < -0.4 is 19.9 Å². The average molecular weight is 563 g/mol. The van der Waals surface area contributed by atoms with E-state index < -0.39 is 12.0 Å². The fourth-order valence-electron chi connectivity index (χ4n) is 4.51. The molecule has 1 atom stereocenters. The molecule has 2 N–H and O–H groups in total. The minimum atomic E-state index is -0.998. The Balaban J connectivity index is 1.86. The second-order valence-corrected chi connectivity index (χ2v) is 9.68. The second kappa shape index (κ2) is 15.4. The van der Waals surface area contributed by atoms with E-state index >= 15 is 0 Å². The summed E-state index contributed by atoms with van der Waals surface area (Å²) in [5.41, 5.74) is 2.58. The van der Waals surface area contributed by atoms with E-state index in [2.05, 4.69) is 10.3 Å². The van der Waals surface area contributed by atoms with E-state index in [0.29, 0.717) is 56.5 Å². The van der Waals surface area contributed by atoms with Gasteiger partial charge in [-0.1, -0.05) is 42.5 Å². The Kier molecular flexibility index (Phi) is 11.8. The van der Waals surface area contributed by atoms with Gasteiger partial charge < -0.3 is 25.0 Å². The fourth-order valence-corrected chi connectivity index (χ4v) is 4.51. The normalized spacial score (nSPS) is 11.4. The molecule has 220 valence electrons. The Morgan fingerprint density at radius 3 is 2.20 bits per heavy atom. The zero-order valence-corrected chi connectivity index (χ0v) is 24.7. The molecule has 10 nitrogen and oxygen atoms in total. The molecule has 3 rings (SSSR count). The standard InChI is InChI=1S/C31H42N6O4/c1-6-36(7-2)30-32-22-27(37(8-3)31(40)35(4)21-20-23-12-10-9-11-13-23)28(34-30)33-26(29(38)39)19-16-24-14-17-25(41-5)18-15-24/h9-15,17-18,22,26H,6-8,16,19-21H2,1-5H3,(H,38,39)(H,32,33,34). The summed E-state index contributed by atoms with van der Waals surface area (Å²) in [7, 11) is 3.37. The van der Waals surface area contributed by atoms with Gasteiger partial charge in [-0.2, -0.15) is 4.98 Å². The number of likely N-dealkylation sites (N-methyl/N-ethyl adjacent to an activating group) is 1. The number of ether oxygens (including phenoxy) is 1. The lowest BCUT2D eigenvalue weighted by Gasteiger charge is -2.30. The van der Waals surface area contributed by atoms with E-state index in [1.807, 2.05) is 80.3 Å². The Bertz CT molecular complexity index is 1250. The molecule has 3 aromatic rings. The first kappa shape index (κ1) is 31.2. The minimum Gasteiger partial charge on any atom is -0.497 e. The van der Waals surface area contributed by atoms with Crippen molar-refractivity contribution < 1.29 is 19.4 Å². The van der Waals surface area contributed by atoms with Gasteiger partial charge in [-0.3, -0.25) is 4.90 Å². The molecule has 0 spiro atoms. The number of methoxy groups -OCH3 is 1. The van der Waals surface area contributed by atoms with Gasteiger partial charge in [0.15, 0.2) is 5.82 Å². The number of nitrogens with zero attached hydrogens (tertiary/aromatic N) is 5. The number of carboxylic acids is 1. The number of carbonyl (C=O) groups is 2. The number of rotatable bonds is 15. The van der Waals surface area contributed by atoms with Crippen molar-refractivity contribution in [1.29, 1.82) is 0 Å². The number of hydrogen-bond donors (Lipinski definition) is 2.